The zero-order valence-electron chi connectivity index (χ0n) is 14.0. The van der Waals surface area contributed by atoms with Crippen LogP contribution in [0.25, 0.3) is 0 Å². The number of amides is 2. The van der Waals surface area contributed by atoms with Gasteiger partial charge in [0.2, 0.25) is 11.8 Å². The highest BCUT2D eigenvalue weighted by molar-refractivity contribution is 5.89. The molecule has 5 heteroatoms. The summed E-state index contributed by atoms with van der Waals surface area (Å²) in [5.74, 6) is -0.0642. The van der Waals surface area contributed by atoms with Crippen molar-refractivity contribution in [3.63, 3.8) is 0 Å². The smallest absolute Gasteiger partial charge is 0.225 e. The maximum absolute atomic E-state index is 12.5. The van der Waals surface area contributed by atoms with Crippen molar-refractivity contribution in [2.24, 2.45) is 5.92 Å². The topological polar surface area (TPSA) is 58.6 Å². The SMILES string of the molecule is COCC(C)N1CC(C(=O)NC2CCCCCCC2)CC1=O. The van der Waals surface area contributed by atoms with Gasteiger partial charge in [0.15, 0.2) is 0 Å². The number of hydrogen-bond donors (Lipinski definition) is 1. The Labute approximate surface area is 133 Å². The fourth-order valence-corrected chi connectivity index (χ4v) is 3.58. The third-order valence-electron chi connectivity index (χ3n) is 4.92. The first-order chi connectivity index (χ1) is 10.6. The standard InChI is InChI=1S/C17H30N2O3/c1-13(12-22-2)19-11-14(10-16(19)20)17(21)18-15-8-6-4-3-5-7-9-15/h13-15H,3-12H2,1-2H3,(H,18,21). The Balaban J connectivity index is 1.83. The van der Waals surface area contributed by atoms with Gasteiger partial charge in [0.1, 0.15) is 0 Å². The Bertz CT molecular complexity index is 378. The van der Waals surface area contributed by atoms with Gasteiger partial charge in [0, 0.05) is 26.1 Å². The van der Waals surface area contributed by atoms with Crippen LogP contribution in [0.15, 0.2) is 0 Å². The van der Waals surface area contributed by atoms with E-state index in [1.54, 1.807) is 12.0 Å². The summed E-state index contributed by atoms with van der Waals surface area (Å²) in [6.45, 7) is 3.01. The van der Waals surface area contributed by atoms with Gasteiger partial charge >= 0.3 is 0 Å². The molecule has 2 rings (SSSR count). The van der Waals surface area contributed by atoms with E-state index in [4.69, 9.17) is 4.74 Å². The van der Waals surface area contributed by atoms with Crippen molar-refractivity contribution in [1.82, 2.24) is 10.2 Å². The molecule has 0 aromatic rings. The molecule has 1 aliphatic carbocycles. The van der Waals surface area contributed by atoms with Gasteiger partial charge in [-0.1, -0.05) is 32.1 Å². The molecule has 5 nitrogen and oxygen atoms in total. The van der Waals surface area contributed by atoms with Crippen LogP contribution in [0, 0.1) is 5.92 Å². The lowest BCUT2D eigenvalue weighted by molar-refractivity contribution is -0.130. The van der Waals surface area contributed by atoms with Crippen LogP contribution in [0.4, 0.5) is 0 Å². The van der Waals surface area contributed by atoms with Crippen molar-refractivity contribution in [2.45, 2.75) is 70.4 Å². The van der Waals surface area contributed by atoms with Crippen LogP contribution in [-0.4, -0.2) is 49.1 Å². The molecule has 0 spiro atoms. The highest BCUT2D eigenvalue weighted by Crippen LogP contribution is 2.22. The fraction of sp³-hybridized carbons (Fsp3) is 0.882. The average Bonchev–Trinajstić information content (AvgIpc) is 2.84. The Morgan fingerprint density at radius 3 is 2.55 bits per heavy atom. The molecule has 1 saturated heterocycles. The molecule has 0 aromatic heterocycles. The van der Waals surface area contributed by atoms with E-state index in [-0.39, 0.29) is 23.8 Å². The van der Waals surface area contributed by atoms with Gasteiger partial charge in [-0.15, -0.1) is 0 Å². The molecule has 22 heavy (non-hydrogen) atoms. The van der Waals surface area contributed by atoms with Crippen LogP contribution in [0.2, 0.25) is 0 Å². The van der Waals surface area contributed by atoms with E-state index in [1.807, 2.05) is 6.92 Å². The van der Waals surface area contributed by atoms with E-state index < -0.39 is 0 Å². The molecule has 1 N–H and O–H groups in total. The number of ether oxygens (including phenoxy) is 1. The van der Waals surface area contributed by atoms with E-state index >= 15 is 0 Å². The van der Waals surface area contributed by atoms with Crippen LogP contribution in [-0.2, 0) is 14.3 Å². The molecule has 2 unspecified atom stereocenters. The second kappa shape index (κ2) is 8.51. The lowest BCUT2D eigenvalue weighted by Crippen LogP contribution is -2.41. The number of likely N-dealkylation sites (tertiary alicyclic amines) is 1. The number of hydrogen-bond acceptors (Lipinski definition) is 3. The summed E-state index contributed by atoms with van der Waals surface area (Å²) in [7, 11) is 1.63. The Morgan fingerprint density at radius 2 is 1.91 bits per heavy atom. The third kappa shape index (κ3) is 4.70. The van der Waals surface area contributed by atoms with E-state index in [9.17, 15) is 9.59 Å². The second-order valence-electron chi connectivity index (χ2n) is 6.80. The summed E-state index contributed by atoms with van der Waals surface area (Å²) in [6, 6.07) is 0.338. The van der Waals surface area contributed by atoms with Crippen LogP contribution in [0.3, 0.4) is 0 Å². The molecule has 1 aliphatic heterocycles. The van der Waals surface area contributed by atoms with Gasteiger partial charge < -0.3 is 15.0 Å². The van der Waals surface area contributed by atoms with Gasteiger partial charge in [0.05, 0.1) is 18.6 Å². The van der Waals surface area contributed by atoms with E-state index in [1.165, 1.54) is 32.1 Å². The van der Waals surface area contributed by atoms with Crippen LogP contribution in [0.5, 0.6) is 0 Å². The highest BCUT2D eigenvalue weighted by atomic mass is 16.5. The number of rotatable bonds is 5. The first kappa shape index (κ1) is 17.3. The van der Waals surface area contributed by atoms with Crippen molar-refractivity contribution in [2.75, 3.05) is 20.3 Å². The molecule has 126 valence electrons. The van der Waals surface area contributed by atoms with Gasteiger partial charge in [-0.2, -0.15) is 0 Å². The molecule has 1 saturated carbocycles. The predicted molar refractivity (Wildman–Crippen MR) is 85.4 cm³/mol. The zero-order chi connectivity index (χ0) is 15.9. The highest BCUT2D eigenvalue weighted by Gasteiger charge is 2.37. The Kier molecular flexibility index (Phi) is 6.68. The molecular weight excluding hydrogens is 280 g/mol. The zero-order valence-corrected chi connectivity index (χ0v) is 14.0. The number of nitrogens with zero attached hydrogens (tertiary/aromatic N) is 1. The van der Waals surface area contributed by atoms with Crippen LogP contribution < -0.4 is 5.32 Å². The summed E-state index contributed by atoms with van der Waals surface area (Å²) in [4.78, 5) is 26.3. The minimum Gasteiger partial charge on any atom is -0.383 e. The lowest BCUT2D eigenvalue weighted by Gasteiger charge is -2.25. The Morgan fingerprint density at radius 1 is 1.27 bits per heavy atom. The van der Waals surface area contributed by atoms with Crippen molar-refractivity contribution in [3.05, 3.63) is 0 Å². The summed E-state index contributed by atoms with van der Waals surface area (Å²) in [5.41, 5.74) is 0. The van der Waals surface area contributed by atoms with Gasteiger partial charge in [0.25, 0.3) is 0 Å². The normalized spacial score (nSPS) is 25.6. The first-order valence-corrected chi connectivity index (χ1v) is 8.70. The average molecular weight is 310 g/mol. The van der Waals surface area contributed by atoms with Crippen molar-refractivity contribution in [1.29, 1.82) is 0 Å². The third-order valence-corrected chi connectivity index (χ3v) is 4.92. The van der Waals surface area contributed by atoms with E-state index in [0.29, 0.717) is 25.6 Å². The molecule has 2 amide bonds. The summed E-state index contributed by atoms with van der Waals surface area (Å²) in [6.07, 6.45) is 8.77. The minimum atomic E-state index is -0.197. The summed E-state index contributed by atoms with van der Waals surface area (Å²) in [5, 5.41) is 3.19. The summed E-state index contributed by atoms with van der Waals surface area (Å²) >= 11 is 0. The van der Waals surface area contributed by atoms with Crippen molar-refractivity contribution >= 4 is 11.8 Å². The number of nitrogens with one attached hydrogen (secondary N) is 1. The number of carbonyl (C=O) groups excluding carboxylic acids is 2. The molecule has 0 aromatic carbocycles. The minimum absolute atomic E-state index is 0.0386. The fourth-order valence-electron chi connectivity index (χ4n) is 3.58. The summed E-state index contributed by atoms with van der Waals surface area (Å²) < 4.78 is 5.11. The van der Waals surface area contributed by atoms with Gasteiger partial charge in [-0.25, -0.2) is 0 Å². The monoisotopic (exact) mass is 310 g/mol. The first-order valence-electron chi connectivity index (χ1n) is 8.70. The molecule has 2 aliphatic rings. The largest absolute Gasteiger partial charge is 0.383 e. The number of methoxy groups -OCH3 is 1. The predicted octanol–water partition coefficient (Wildman–Crippen LogP) is 2.10. The lowest BCUT2D eigenvalue weighted by atomic mass is 9.96. The van der Waals surface area contributed by atoms with Crippen LogP contribution >= 0.6 is 0 Å². The van der Waals surface area contributed by atoms with Gasteiger partial charge in [-0.05, 0) is 19.8 Å². The van der Waals surface area contributed by atoms with Crippen molar-refractivity contribution in [3.8, 4) is 0 Å². The maximum Gasteiger partial charge on any atom is 0.225 e. The van der Waals surface area contributed by atoms with E-state index in [0.717, 1.165) is 12.8 Å². The molecule has 2 atom stereocenters. The van der Waals surface area contributed by atoms with E-state index in [2.05, 4.69) is 5.32 Å². The van der Waals surface area contributed by atoms with Crippen molar-refractivity contribution < 1.29 is 14.3 Å². The van der Waals surface area contributed by atoms with Gasteiger partial charge in [-0.3, -0.25) is 9.59 Å². The second-order valence-corrected chi connectivity index (χ2v) is 6.80. The molecule has 0 radical (unpaired) electrons. The maximum atomic E-state index is 12.5. The van der Waals surface area contributed by atoms with Crippen LogP contribution in [0.1, 0.15) is 58.3 Å². The molecule has 2 fully saturated rings. The molecule has 0 bridgehead atoms. The Hall–Kier alpha value is -1.10. The molecule has 1 heterocycles. The number of carbonyl (C=O) groups is 2. The molecular formula is C17H30N2O3. The quantitative estimate of drug-likeness (QED) is 0.846.